The van der Waals surface area contributed by atoms with E-state index in [0.717, 1.165) is 19.3 Å². The number of sulfonamides is 1. The molecular formula is C14H17BrClNO3S. The van der Waals surface area contributed by atoms with Crippen LogP contribution in [0.25, 0.3) is 0 Å². The second-order valence-electron chi connectivity index (χ2n) is 5.45. The molecule has 0 aromatic heterocycles. The maximum Gasteiger partial charge on any atom is 0.265 e. The van der Waals surface area contributed by atoms with Gasteiger partial charge in [-0.15, -0.1) is 0 Å². The smallest absolute Gasteiger partial charge is 0.265 e. The lowest BCUT2D eigenvalue weighted by Gasteiger charge is -2.15. The van der Waals surface area contributed by atoms with Crippen LogP contribution >= 0.6 is 27.5 Å². The highest BCUT2D eigenvalue weighted by Gasteiger charge is 2.28. The second kappa shape index (κ2) is 6.67. The highest BCUT2D eigenvalue weighted by molar-refractivity contribution is 9.10. The molecule has 0 aliphatic heterocycles. The monoisotopic (exact) mass is 393 g/mol. The summed E-state index contributed by atoms with van der Waals surface area (Å²) in [6.45, 7) is 2.10. The molecule has 2 unspecified atom stereocenters. The molecule has 0 bridgehead atoms. The van der Waals surface area contributed by atoms with Crippen LogP contribution in [0.15, 0.2) is 27.6 Å². The molecule has 2 rings (SSSR count). The van der Waals surface area contributed by atoms with Crippen LogP contribution < -0.4 is 4.72 Å². The first-order valence-corrected chi connectivity index (χ1v) is 9.46. The first-order chi connectivity index (χ1) is 9.81. The number of hydrogen-bond acceptors (Lipinski definition) is 3. The summed E-state index contributed by atoms with van der Waals surface area (Å²) in [6.07, 6.45) is 3.43. The molecule has 2 atom stereocenters. The number of amides is 1. The average molecular weight is 395 g/mol. The Morgan fingerprint density at radius 3 is 2.76 bits per heavy atom. The molecule has 4 nitrogen and oxygen atoms in total. The molecule has 0 heterocycles. The Labute approximate surface area is 138 Å². The van der Waals surface area contributed by atoms with E-state index in [1.54, 1.807) is 6.07 Å². The Morgan fingerprint density at radius 1 is 1.43 bits per heavy atom. The molecule has 0 saturated heterocycles. The molecule has 7 heteroatoms. The summed E-state index contributed by atoms with van der Waals surface area (Å²) < 4.78 is 26.9. The second-order valence-corrected chi connectivity index (χ2v) is 8.30. The van der Waals surface area contributed by atoms with Gasteiger partial charge in [0.05, 0.1) is 9.50 Å². The highest BCUT2D eigenvalue weighted by Crippen LogP contribution is 2.34. The van der Waals surface area contributed by atoms with Crippen LogP contribution in [0.2, 0.25) is 5.02 Å². The summed E-state index contributed by atoms with van der Waals surface area (Å²) >= 11 is 9.03. The minimum atomic E-state index is -3.90. The number of hydrogen-bond donors (Lipinski definition) is 1. The molecule has 1 saturated carbocycles. The Hall–Kier alpha value is -0.590. The molecule has 1 aromatic carbocycles. The number of benzene rings is 1. The minimum Gasteiger partial charge on any atom is -0.274 e. The fraction of sp³-hybridized carbons (Fsp3) is 0.500. The van der Waals surface area contributed by atoms with Crippen molar-refractivity contribution >= 4 is 43.5 Å². The van der Waals surface area contributed by atoms with E-state index in [-0.39, 0.29) is 26.7 Å². The quantitative estimate of drug-likeness (QED) is 0.846. The van der Waals surface area contributed by atoms with Gasteiger partial charge in [0.1, 0.15) is 4.90 Å². The Kier molecular flexibility index (Phi) is 5.33. The van der Waals surface area contributed by atoms with Gasteiger partial charge in [-0.1, -0.05) is 37.4 Å². The lowest BCUT2D eigenvalue weighted by molar-refractivity contribution is -0.120. The van der Waals surface area contributed by atoms with Gasteiger partial charge in [-0.25, -0.2) is 13.1 Å². The lowest BCUT2D eigenvalue weighted by Crippen LogP contribution is -2.32. The van der Waals surface area contributed by atoms with Crippen LogP contribution in [0.5, 0.6) is 0 Å². The van der Waals surface area contributed by atoms with Crippen LogP contribution in [-0.4, -0.2) is 14.3 Å². The summed E-state index contributed by atoms with van der Waals surface area (Å²) in [4.78, 5) is 12.0. The topological polar surface area (TPSA) is 63.2 Å². The molecule has 1 aromatic rings. The van der Waals surface area contributed by atoms with Crippen molar-refractivity contribution in [2.45, 2.75) is 37.5 Å². The van der Waals surface area contributed by atoms with E-state index < -0.39 is 15.9 Å². The fourth-order valence-electron chi connectivity index (χ4n) is 2.70. The van der Waals surface area contributed by atoms with Gasteiger partial charge in [-0.2, -0.15) is 0 Å². The average Bonchev–Trinajstić information content (AvgIpc) is 2.77. The van der Waals surface area contributed by atoms with Crippen molar-refractivity contribution in [3.63, 3.8) is 0 Å². The summed E-state index contributed by atoms with van der Waals surface area (Å²) in [5.74, 6) is 0.278. The summed E-state index contributed by atoms with van der Waals surface area (Å²) in [6, 6.07) is 4.52. The molecule has 1 aliphatic rings. The van der Waals surface area contributed by atoms with Crippen molar-refractivity contribution in [1.82, 2.24) is 4.72 Å². The van der Waals surface area contributed by atoms with Crippen molar-refractivity contribution in [3.8, 4) is 0 Å². The molecule has 1 N–H and O–H groups in total. The van der Waals surface area contributed by atoms with Crippen molar-refractivity contribution in [2.24, 2.45) is 11.8 Å². The number of carbonyl (C=O) groups excluding carboxylic acids is 1. The first-order valence-electron chi connectivity index (χ1n) is 6.81. The van der Waals surface area contributed by atoms with Gasteiger partial charge in [0.25, 0.3) is 10.0 Å². The van der Waals surface area contributed by atoms with Crippen LogP contribution in [0.1, 0.15) is 32.6 Å². The summed E-state index contributed by atoms with van der Waals surface area (Å²) in [5, 5.41) is 0.287. The maximum absolute atomic E-state index is 12.3. The Balaban J connectivity index is 2.10. The largest absolute Gasteiger partial charge is 0.274 e. The zero-order valence-corrected chi connectivity index (χ0v) is 14.8. The molecule has 0 radical (unpaired) electrons. The van der Waals surface area contributed by atoms with Crippen molar-refractivity contribution < 1.29 is 13.2 Å². The number of carbonyl (C=O) groups is 1. The Morgan fingerprint density at radius 2 is 2.14 bits per heavy atom. The third-order valence-electron chi connectivity index (χ3n) is 3.94. The fourth-order valence-corrected chi connectivity index (χ4v) is 4.93. The van der Waals surface area contributed by atoms with Crippen LogP contribution in [-0.2, 0) is 14.8 Å². The van der Waals surface area contributed by atoms with Gasteiger partial charge in [0.2, 0.25) is 5.91 Å². The highest BCUT2D eigenvalue weighted by atomic mass is 79.9. The van der Waals surface area contributed by atoms with Crippen molar-refractivity contribution in [2.75, 3.05) is 0 Å². The SMILES string of the molecule is CC1CCCC1CC(=O)NS(=O)(=O)c1cccc(Cl)c1Br. The molecule has 116 valence electrons. The zero-order chi connectivity index (χ0) is 15.6. The summed E-state index contributed by atoms with van der Waals surface area (Å²) in [5.41, 5.74) is 0. The molecule has 1 fully saturated rings. The standard InChI is InChI=1S/C14H17BrClNO3S/c1-9-4-2-5-10(9)8-13(18)17-21(19,20)12-7-3-6-11(16)14(12)15/h3,6-7,9-10H,2,4-5,8H2,1H3,(H,17,18). The van der Waals surface area contributed by atoms with E-state index in [1.807, 2.05) is 0 Å². The molecule has 1 amide bonds. The van der Waals surface area contributed by atoms with Crippen molar-refractivity contribution in [1.29, 1.82) is 0 Å². The van der Waals surface area contributed by atoms with Gasteiger partial charge in [0, 0.05) is 6.42 Å². The summed E-state index contributed by atoms with van der Waals surface area (Å²) in [7, 11) is -3.90. The van der Waals surface area contributed by atoms with E-state index in [2.05, 4.69) is 27.6 Å². The van der Waals surface area contributed by atoms with E-state index in [0.29, 0.717) is 5.92 Å². The maximum atomic E-state index is 12.3. The van der Waals surface area contributed by atoms with E-state index in [1.165, 1.54) is 12.1 Å². The number of rotatable bonds is 4. The first kappa shape index (κ1) is 16.8. The van der Waals surface area contributed by atoms with E-state index in [4.69, 9.17) is 11.6 Å². The molecule has 1 aliphatic carbocycles. The van der Waals surface area contributed by atoms with Gasteiger partial charge >= 0.3 is 0 Å². The van der Waals surface area contributed by atoms with Gasteiger partial charge in [-0.05, 0) is 46.3 Å². The third-order valence-corrected chi connectivity index (χ3v) is 7.02. The van der Waals surface area contributed by atoms with Crippen LogP contribution in [0.4, 0.5) is 0 Å². The molecule has 21 heavy (non-hydrogen) atoms. The van der Waals surface area contributed by atoms with Crippen LogP contribution in [0, 0.1) is 11.8 Å². The van der Waals surface area contributed by atoms with E-state index in [9.17, 15) is 13.2 Å². The molecular weight excluding hydrogens is 378 g/mol. The third kappa shape index (κ3) is 3.99. The van der Waals surface area contributed by atoms with Gasteiger partial charge in [0.15, 0.2) is 0 Å². The normalized spacial score (nSPS) is 22.2. The van der Waals surface area contributed by atoms with Gasteiger partial charge < -0.3 is 0 Å². The van der Waals surface area contributed by atoms with Crippen molar-refractivity contribution in [3.05, 3.63) is 27.7 Å². The Bertz CT molecular complexity index is 648. The predicted octanol–water partition coefficient (Wildman–Crippen LogP) is 3.73. The van der Waals surface area contributed by atoms with E-state index >= 15 is 0 Å². The minimum absolute atomic E-state index is 0.0252. The predicted molar refractivity (Wildman–Crippen MR) is 85.6 cm³/mol. The molecule has 0 spiro atoms. The zero-order valence-electron chi connectivity index (χ0n) is 11.6. The number of nitrogens with one attached hydrogen (secondary N) is 1. The number of halogens is 2. The van der Waals surface area contributed by atoms with Gasteiger partial charge in [-0.3, -0.25) is 4.79 Å². The lowest BCUT2D eigenvalue weighted by atomic mass is 9.95. The van der Waals surface area contributed by atoms with Crippen LogP contribution in [0.3, 0.4) is 0 Å².